The molecule has 0 spiro atoms. The number of hydrogen-bond acceptors (Lipinski definition) is 7. The maximum atomic E-state index is 14.1. The lowest BCUT2D eigenvalue weighted by Crippen LogP contribution is -2.60. The van der Waals surface area contributed by atoms with Gasteiger partial charge in [0, 0.05) is 25.1 Å². The summed E-state index contributed by atoms with van der Waals surface area (Å²) in [5.74, 6) is -5.02. The molecule has 1 saturated carbocycles. The second-order valence-electron chi connectivity index (χ2n) is 13.5. The van der Waals surface area contributed by atoms with Crippen molar-refractivity contribution in [1.29, 1.82) is 0 Å². The van der Waals surface area contributed by atoms with E-state index < -0.39 is 75.3 Å². The van der Waals surface area contributed by atoms with Gasteiger partial charge in [0.15, 0.2) is 17.3 Å². The Bertz CT molecular complexity index is 1410. The van der Waals surface area contributed by atoms with Crippen LogP contribution >= 0.6 is 0 Å². The lowest BCUT2D eigenvalue weighted by Gasteiger charge is -2.37. The van der Waals surface area contributed by atoms with Gasteiger partial charge in [0.2, 0.25) is 27.7 Å². The van der Waals surface area contributed by atoms with Crippen LogP contribution in [-0.4, -0.2) is 80.9 Å². The van der Waals surface area contributed by atoms with Gasteiger partial charge in [-0.3, -0.25) is 19.2 Å². The fourth-order valence-electron chi connectivity index (χ4n) is 6.31. The molecule has 0 unspecified atom stereocenters. The van der Waals surface area contributed by atoms with Crippen molar-refractivity contribution in [2.24, 2.45) is 28.6 Å². The van der Waals surface area contributed by atoms with E-state index in [1.807, 2.05) is 13.8 Å². The summed E-state index contributed by atoms with van der Waals surface area (Å²) >= 11 is 0. The number of hydrogen-bond donors (Lipinski definition) is 3. The Morgan fingerprint density at radius 1 is 1.21 bits per heavy atom. The van der Waals surface area contributed by atoms with Crippen LogP contribution in [0.5, 0.6) is 5.75 Å². The highest BCUT2D eigenvalue weighted by molar-refractivity contribution is 7.88. The Labute approximate surface area is 250 Å². The maximum Gasteiger partial charge on any atom is 0.243 e. The highest BCUT2D eigenvalue weighted by atomic mass is 32.2. The third-order valence-corrected chi connectivity index (χ3v) is 9.52. The average molecular weight is 627 g/mol. The summed E-state index contributed by atoms with van der Waals surface area (Å²) in [5, 5.41) is 5.43. The molecule has 0 bridgehead atoms. The third kappa shape index (κ3) is 7.17. The molecule has 238 valence electrons. The SMILES string of the molecule is CC(C)(C)[C@H](NS(C)(=O)=O)C(=O)N1C[C@H]2[C@@H]([C@H]1C(=O)N[C@@H](C[C@@H]1CCNC1=O)C(=O)COc1ccc(F)cc1F)C2(C)C. The summed E-state index contributed by atoms with van der Waals surface area (Å²) in [5.41, 5.74) is -1.08. The molecule has 3 N–H and O–H groups in total. The molecule has 3 fully saturated rings. The number of sulfonamides is 1. The number of rotatable bonds is 11. The van der Waals surface area contributed by atoms with Crippen LogP contribution in [0.25, 0.3) is 0 Å². The minimum atomic E-state index is -3.77. The van der Waals surface area contributed by atoms with Gasteiger partial charge >= 0.3 is 0 Å². The van der Waals surface area contributed by atoms with E-state index in [4.69, 9.17) is 4.74 Å². The number of benzene rings is 1. The molecule has 1 aliphatic carbocycles. The van der Waals surface area contributed by atoms with Crippen LogP contribution in [0.3, 0.4) is 0 Å². The number of ketones is 1. The first-order valence-electron chi connectivity index (χ1n) is 14.3. The fourth-order valence-corrected chi connectivity index (χ4v) is 7.20. The summed E-state index contributed by atoms with van der Waals surface area (Å²) in [6.45, 7) is 9.12. The summed E-state index contributed by atoms with van der Waals surface area (Å²) in [4.78, 5) is 54.8. The maximum absolute atomic E-state index is 14.1. The highest BCUT2D eigenvalue weighted by Crippen LogP contribution is 2.65. The van der Waals surface area contributed by atoms with E-state index in [9.17, 15) is 36.4 Å². The molecule has 2 saturated heterocycles. The van der Waals surface area contributed by atoms with Crippen LogP contribution < -0.4 is 20.1 Å². The largest absolute Gasteiger partial charge is 0.483 e. The first-order chi connectivity index (χ1) is 19.8. The zero-order valence-corrected chi connectivity index (χ0v) is 26.0. The number of halogens is 2. The Balaban J connectivity index is 1.57. The number of Topliss-reactive ketones (excluding diaryl/α,β-unsaturated/α-hetero) is 1. The Kier molecular flexibility index (Phi) is 8.96. The van der Waals surface area contributed by atoms with Gasteiger partial charge in [-0.05, 0) is 47.6 Å². The van der Waals surface area contributed by atoms with Crippen LogP contribution in [0, 0.1) is 40.2 Å². The third-order valence-electron chi connectivity index (χ3n) is 8.86. The molecule has 14 heteroatoms. The molecular weight excluding hydrogens is 586 g/mol. The van der Waals surface area contributed by atoms with Gasteiger partial charge in [0.05, 0.1) is 12.3 Å². The molecule has 2 aliphatic heterocycles. The number of likely N-dealkylation sites (tertiary alicyclic amines) is 1. The van der Waals surface area contributed by atoms with Gasteiger partial charge in [-0.1, -0.05) is 34.6 Å². The lowest BCUT2D eigenvalue weighted by molar-refractivity contribution is -0.144. The smallest absolute Gasteiger partial charge is 0.243 e. The Morgan fingerprint density at radius 3 is 2.44 bits per heavy atom. The first kappa shape index (κ1) is 32.8. The zero-order chi connectivity index (χ0) is 32.1. The number of amides is 3. The molecule has 3 aliphatic rings. The first-order valence-corrected chi connectivity index (χ1v) is 16.2. The van der Waals surface area contributed by atoms with E-state index in [1.54, 1.807) is 20.8 Å². The van der Waals surface area contributed by atoms with E-state index in [2.05, 4.69) is 15.4 Å². The molecule has 3 amide bonds. The van der Waals surface area contributed by atoms with Gasteiger partial charge < -0.3 is 20.3 Å². The van der Waals surface area contributed by atoms with E-state index >= 15 is 0 Å². The van der Waals surface area contributed by atoms with Gasteiger partial charge in [0.1, 0.15) is 24.5 Å². The Hall–Kier alpha value is -3.13. The van der Waals surface area contributed by atoms with Crippen molar-refractivity contribution in [2.75, 3.05) is 26.0 Å². The normalized spacial score (nSPS) is 25.9. The van der Waals surface area contributed by atoms with Crippen LogP contribution in [0.4, 0.5) is 8.78 Å². The van der Waals surface area contributed by atoms with E-state index in [0.29, 0.717) is 19.0 Å². The van der Waals surface area contributed by atoms with Crippen molar-refractivity contribution in [3.63, 3.8) is 0 Å². The quantitative estimate of drug-likeness (QED) is 0.336. The molecule has 2 heterocycles. The zero-order valence-electron chi connectivity index (χ0n) is 25.2. The Morgan fingerprint density at radius 2 is 1.88 bits per heavy atom. The number of nitrogens with zero attached hydrogens (tertiary/aromatic N) is 1. The molecule has 6 atom stereocenters. The van der Waals surface area contributed by atoms with Crippen LogP contribution in [0.2, 0.25) is 0 Å². The summed E-state index contributed by atoms with van der Waals surface area (Å²) in [7, 11) is -3.77. The van der Waals surface area contributed by atoms with Gasteiger partial charge in [0.25, 0.3) is 0 Å². The topological polar surface area (TPSA) is 151 Å². The average Bonchev–Trinajstić information content (AvgIpc) is 3.23. The monoisotopic (exact) mass is 626 g/mol. The highest BCUT2D eigenvalue weighted by Gasteiger charge is 2.70. The number of carbonyl (C=O) groups excluding carboxylic acids is 4. The predicted octanol–water partition coefficient (Wildman–Crippen LogP) is 1.37. The van der Waals surface area contributed by atoms with E-state index in [0.717, 1.165) is 18.4 Å². The minimum absolute atomic E-state index is 0.00871. The van der Waals surface area contributed by atoms with Gasteiger partial charge in [-0.25, -0.2) is 21.9 Å². The van der Waals surface area contributed by atoms with Gasteiger partial charge in [-0.15, -0.1) is 0 Å². The minimum Gasteiger partial charge on any atom is -0.483 e. The molecule has 11 nitrogen and oxygen atoms in total. The second-order valence-corrected chi connectivity index (χ2v) is 15.3. The van der Waals surface area contributed by atoms with E-state index in [1.165, 1.54) is 4.90 Å². The summed E-state index contributed by atoms with van der Waals surface area (Å²) in [6.07, 6.45) is 1.37. The van der Waals surface area contributed by atoms with Gasteiger partial charge in [-0.2, -0.15) is 0 Å². The van der Waals surface area contributed by atoms with Crippen molar-refractivity contribution in [1.82, 2.24) is 20.3 Å². The summed E-state index contributed by atoms with van der Waals surface area (Å²) in [6, 6.07) is -0.684. The molecule has 1 aromatic rings. The van der Waals surface area contributed by atoms with Crippen molar-refractivity contribution in [3.8, 4) is 5.75 Å². The molecular formula is C29H40F2N4O7S. The molecule has 0 aromatic heterocycles. The second kappa shape index (κ2) is 11.8. The standard InChI is InChI=1S/C29H40F2N4O7S/c1-28(2,3)24(34-43(6,40)41)27(39)35-13-17-22(29(17,4)5)23(35)26(38)33-19(11-15-9-10-32-25(15)37)20(36)14-42-21-8-7-16(30)12-18(21)31/h7-8,12,15,17,19,22-24,34H,9-11,13-14H2,1-6H3,(H,32,37)(H,33,38)/t15-,17-,19-,22-,23-,24+/m0/s1. The molecule has 4 rings (SSSR count). The van der Waals surface area contributed by atoms with Crippen LogP contribution in [0.15, 0.2) is 18.2 Å². The predicted molar refractivity (Wildman–Crippen MR) is 152 cm³/mol. The van der Waals surface area contributed by atoms with Crippen molar-refractivity contribution < 1.29 is 41.1 Å². The molecule has 43 heavy (non-hydrogen) atoms. The van der Waals surface area contributed by atoms with Crippen molar-refractivity contribution in [2.45, 2.75) is 65.6 Å². The van der Waals surface area contributed by atoms with E-state index in [-0.39, 0.29) is 41.9 Å². The number of fused-ring (bicyclic) bond motifs is 1. The number of ether oxygens (including phenoxy) is 1. The fraction of sp³-hybridized carbons (Fsp3) is 0.655. The molecule has 1 aromatic carbocycles. The number of piperidine rings is 1. The number of carbonyl (C=O) groups is 4. The van der Waals surface area contributed by atoms with Crippen molar-refractivity contribution in [3.05, 3.63) is 29.8 Å². The number of nitrogens with one attached hydrogen (secondary N) is 3. The summed E-state index contributed by atoms with van der Waals surface area (Å²) < 4.78 is 59.4. The lowest BCUT2D eigenvalue weighted by atomic mass is 9.86. The molecule has 0 radical (unpaired) electrons. The van der Waals surface area contributed by atoms with Crippen LogP contribution in [-0.2, 0) is 29.2 Å². The van der Waals surface area contributed by atoms with Crippen LogP contribution in [0.1, 0.15) is 47.5 Å². The van der Waals surface area contributed by atoms with Crippen molar-refractivity contribution >= 4 is 33.5 Å².